The second-order valence-electron chi connectivity index (χ2n) is 7.76. The van der Waals surface area contributed by atoms with Gasteiger partial charge in [-0.15, -0.1) is 0 Å². The zero-order valence-electron chi connectivity index (χ0n) is 17.1. The lowest BCUT2D eigenvalue weighted by atomic mass is 9.85. The van der Waals surface area contributed by atoms with Crippen molar-refractivity contribution in [3.63, 3.8) is 0 Å². The highest BCUT2D eigenvalue weighted by Gasteiger charge is 2.27. The summed E-state index contributed by atoms with van der Waals surface area (Å²) in [6.45, 7) is 9.74. The van der Waals surface area contributed by atoms with Crippen LogP contribution in [-0.4, -0.2) is 19.0 Å². The highest BCUT2D eigenvalue weighted by molar-refractivity contribution is 5.86. The van der Waals surface area contributed by atoms with Crippen LogP contribution in [0.2, 0.25) is 0 Å². The van der Waals surface area contributed by atoms with Crippen LogP contribution in [-0.2, 0) is 22.6 Å². The van der Waals surface area contributed by atoms with E-state index in [1.807, 2.05) is 69.3 Å². The molecule has 0 N–H and O–H groups in total. The van der Waals surface area contributed by atoms with Crippen LogP contribution in [0.25, 0.3) is 0 Å². The maximum Gasteiger partial charge on any atom is 0.145 e. The molecule has 0 aromatic heterocycles. The molecule has 2 rings (SSSR count). The fourth-order valence-corrected chi connectivity index (χ4v) is 2.74. The summed E-state index contributed by atoms with van der Waals surface area (Å²) < 4.78 is 11.7. The number of ketones is 1. The Morgan fingerprint density at radius 3 is 2.48 bits per heavy atom. The van der Waals surface area contributed by atoms with Crippen molar-refractivity contribution >= 4 is 5.78 Å². The van der Waals surface area contributed by atoms with Gasteiger partial charge >= 0.3 is 0 Å². The van der Waals surface area contributed by atoms with Crippen LogP contribution in [0.15, 0.2) is 48.5 Å². The molecule has 0 atom stereocenters. The zero-order valence-corrected chi connectivity index (χ0v) is 17.1. The van der Waals surface area contributed by atoms with E-state index < -0.39 is 5.41 Å². The predicted molar refractivity (Wildman–Crippen MR) is 110 cm³/mol. The number of carbonyl (C=O) groups is 1. The molecular weight excluding hydrogens is 336 g/mol. The molecule has 0 aliphatic rings. The maximum atomic E-state index is 12.8. The SMILES string of the molecule is CCCCOc1cc(CC(=O)C(C)(C)COCc2ccccc2)ccc1C. The average Bonchev–Trinajstić information content (AvgIpc) is 2.65. The van der Waals surface area contributed by atoms with Gasteiger partial charge in [0.25, 0.3) is 0 Å². The van der Waals surface area contributed by atoms with Crippen LogP contribution in [0, 0.1) is 12.3 Å². The molecule has 0 bridgehead atoms. The summed E-state index contributed by atoms with van der Waals surface area (Å²) in [6, 6.07) is 16.1. The van der Waals surface area contributed by atoms with E-state index in [2.05, 4.69) is 6.92 Å². The van der Waals surface area contributed by atoms with Crippen molar-refractivity contribution in [3.05, 3.63) is 65.2 Å². The molecule has 0 radical (unpaired) electrons. The standard InChI is InChI=1S/C24H32O3/c1-5-6-14-27-22-15-21(13-12-19(22)2)16-23(25)24(3,4)18-26-17-20-10-8-7-9-11-20/h7-13,15H,5-6,14,16-18H2,1-4H3. The number of rotatable bonds is 11. The fourth-order valence-electron chi connectivity index (χ4n) is 2.74. The molecule has 2 aromatic rings. The van der Waals surface area contributed by atoms with Crippen molar-refractivity contribution < 1.29 is 14.3 Å². The van der Waals surface area contributed by atoms with Gasteiger partial charge in [-0.3, -0.25) is 4.79 Å². The average molecular weight is 369 g/mol. The lowest BCUT2D eigenvalue weighted by Crippen LogP contribution is -2.31. The quantitative estimate of drug-likeness (QED) is 0.489. The van der Waals surface area contributed by atoms with E-state index >= 15 is 0 Å². The normalized spacial score (nSPS) is 11.4. The topological polar surface area (TPSA) is 35.5 Å². The van der Waals surface area contributed by atoms with Crippen LogP contribution < -0.4 is 4.74 Å². The highest BCUT2D eigenvalue weighted by Crippen LogP contribution is 2.24. The molecule has 0 aliphatic carbocycles. The van der Waals surface area contributed by atoms with Gasteiger partial charge in [-0.2, -0.15) is 0 Å². The summed E-state index contributed by atoms with van der Waals surface area (Å²) in [5, 5.41) is 0. The molecule has 2 aromatic carbocycles. The van der Waals surface area contributed by atoms with Gasteiger partial charge in [0.2, 0.25) is 0 Å². The number of benzene rings is 2. The van der Waals surface area contributed by atoms with E-state index in [-0.39, 0.29) is 5.78 Å². The molecule has 0 aliphatic heterocycles. The third-order valence-corrected chi connectivity index (χ3v) is 4.70. The molecule has 3 nitrogen and oxygen atoms in total. The monoisotopic (exact) mass is 368 g/mol. The third-order valence-electron chi connectivity index (χ3n) is 4.70. The lowest BCUT2D eigenvalue weighted by molar-refractivity contribution is -0.129. The number of hydrogen-bond donors (Lipinski definition) is 0. The number of carbonyl (C=O) groups excluding carboxylic acids is 1. The molecule has 0 saturated carbocycles. The van der Waals surface area contributed by atoms with Gasteiger partial charge in [0.15, 0.2) is 0 Å². The zero-order chi connectivity index (χ0) is 19.7. The molecule has 3 heteroatoms. The van der Waals surface area contributed by atoms with E-state index in [1.165, 1.54) is 0 Å². The molecule has 0 fully saturated rings. The lowest BCUT2D eigenvalue weighted by Gasteiger charge is -2.23. The number of ether oxygens (including phenoxy) is 2. The van der Waals surface area contributed by atoms with Gasteiger partial charge in [0.05, 0.1) is 19.8 Å². The molecule has 0 saturated heterocycles. The van der Waals surface area contributed by atoms with Crippen molar-refractivity contribution in [2.45, 2.75) is 53.6 Å². The molecule has 0 heterocycles. The minimum atomic E-state index is -0.525. The van der Waals surface area contributed by atoms with Gasteiger partial charge in [0, 0.05) is 11.8 Å². The van der Waals surface area contributed by atoms with Gasteiger partial charge in [-0.05, 0) is 36.1 Å². The molecule has 27 heavy (non-hydrogen) atoms. The Labute approximate surface area is 163 Å². The van der Waals surface area contributed by atoms with Crippen molar-refractivity contribution in [1.29, 1.82) is 0 Å². The van der Waals surface area contributed by atoms with Crippen molar-refractivity contribution in [2.24, 2.45) is 5.41 Å². The number of aryl methyl sites for hydroxylation is 1. The first-order chi connectivity index (χ1) is 12.9. The van der Waals surface area contributed by atoms with E-state index in [0.717, 1.165) is 35.3 Å². The minimum Gasteiger partial charge on any atom is -0.493 e. The second kappa shape index (κ2) is 10.3. The summed E-state index contributed by atoms with van der Waals surface area (Å²) in [5.41, 5.74) is 2.69. The van der Waals surface area contributed by atoms with Crippen LogP contribution in [0.5, 0.6) is 5.75 Å². The Kier molecular flexibility index (Phi) is 8.05. The maximum absolute atomic E-state index is 12.8. The number of unbranched alkanes of at least 4 members (excludes halogenated alkanes) is 1. The van der Waals surface area contributed by atoms with E-state index in [1.54, 1.807) is 0 Å². The second-order valence-corrected chi connectivity index (χ2v) is 7.76. The highest BCUT2D eigenvalue weighted by atomic mass is 16.5. The van der Waals surface area contributed by atoms with Crippen LogP contribution in [0.4, 0.5) is 0 Å². The molecular formula is C24H32O3. The minimum absolute atomic E-state index is 0.180. The fraction of sp³-hybridized carbons (Fsp3) is 0.458. The van der Waals surface area contributed by atoms with Crippen LogP contribution >= 0.6 is 0 Å². The van der Waals surface area contributed by atoms with Crippen molar-refractivity contribution in [1.82, 2.24) is 0 Å². The smallest absolute Gasteiger partial charge is 0.145 e. The predicted octanol–water partition coefficient (Wildman–Crippen LogP) is 5.53. The first-order valence-corrected chi connectivity index (χ1v) is 9.79. The molecule has 0 unspecified atom stereocenters. The summed E-state index contributed by atoms with van der Waals surface area (Å²) in [5.74, 6) is 1.06. The summed E-state index contributed by atoms with van der Waals surface area (Å²) >= 11 is 0. The third kappa shape index (κ3) is 6.84. The summed E-state index contributed by atoms with van der Waals surface area (Å²) in [7, 11) is 0. The summed E-state index contributed by atoms with van der Waals surface area (Å²) in [6.07, 6.45) is 2.54. The Hall–Kier alpha value is -2.13. The molecule has 146 valence electrons. The Morgan fingerprint density at radius 1 is 1.04 bits per heavy atom. The van der Waals surface area contributed by atoms with Crippen LogP contribution in [0.1, 0.15) is 50.3 Å². The van der Waals surface area contributed by atoms with Gasteiger partial charge < -0.3 is 9.47 Å². The largest absolute Gasteiger partial charge is 0.493 e. The van der Waals surface area contributed by atoms with Crippen LogP contribution in [0.3, 0.4) is 0 Å². The molecule has 0 spiro atoms. The Balaban J connectivity index is 1.91. The van der Waals surface area contributed by atoms with Gasteiger partial charge in [-0.25, -0.2) is 0 Å². The summed E-state index contributed by atoms with van der Waals surface area (Å²) in [4.78, 5) is 12.8. The van der Waals surface area contributed by atoms with E-state index in [4.69, 9.17) is 9.47 Å². The van der Waals surface area contributed by atoms with Crippen molar-refractivity contribution in [2.75, 3.05) is 13.2 Å². The van der Waals surface area contributed by atoms with Gasteiger partial charge in [-0.1, -0.05) is 69.7 Å². The van der Waals surface area contributed by atoms with Gasteiger partial charge in [0.1, 0.15) is 11.5 Å². The van der Waals surface area contributed by atoms with E-state index in [0.29, 0.717) is 26.2 Å². The molecule has 0 amide bonds. The Morgan fingerprint density at radius 2 is 1.78 bits per heavy atom. The van der Waals surface area contributed by atoms with Crippen molar-refractivity contribution in [3.8, 4) is 5.75 Å². The number of hydrogen-bond acceptors (Lipinski definition) is 3. The number of Topliss-reactive ketones (excluding diaryl/α,β-unsaturated/α-hetero) is 1. The first-order valence-electron chi connectivity index (χ1n) is 9.79. The first kappa shape index (κ1) is 21.2. The Bertz CT molecular complexity index is 720. The van der Waals surface area contributed by atoms with E-state index in [9.17, 15) is 4.79 Å².